The van der Waals surface area contributed by atoms with Crippen LogP contribution in [-0.2, 0) is 0 Å². The molecule has 0 amide bonds. The first-order valence-corrected chi connectivity index (χ1v) is 5.83. The average molecular weight is 253 g/mol. The van der Waals surface area contributed by atoms with Gasteiger partial charge < -0.3 is 10.4 Å². The molecule has 16 heavy (non-hydrogen) atoms. The van der Waals surface area contributed by atoms with Crippen LogP contribution in [0.25, 0.3) is 0 Å². The molecule has 0 bridgehead atoms. The SMILES string of the molecule is CC(CC(F)(F)F)NCC(O)c1ccsc1. The Morgan fingerprint density at radius 3 is 2.69 bits per heavy atom. The van der Waals surface area contributed by atoms with Crippen molar-refractivity contribution in [3.63, 3.8) is 0 Å². The van der Waals surface area contributed by atoms with Gasteiger partial charge in [0, 0.05) is 12.6 Å². The summed E-state index contributed by atoms with van der Waals surface area (Å²) in [5, 5.41) is 15.9. The molecule has 6 heteroatoms. The summed E-state index contributed by atoms with van der Waals surface area (Å²) in [5.41, 5.74) is 0.733. The lowest BCUT2D eigenvalue weighted by Crippen LogP contribution is -2.34. The van der Waals surface area contributed by atoms with Crippen molar-refractivity contribution in [2.45, 2.75) is 31.7 Å². The molecule has 0 saturated heterocycles. The van der Waals surface area contributed by atoms with E-state index in [2.05, 4.69) is 5.32 Å². The summed E-state index contributed by atoms with van der Waals surface area (Å²) in [4.78, 5) is 0. The highest BCUT2D eigenvalue weighted by Gasteiger charge is 2.29. The largest absolute Gasteiger partial charge is 0.390 e. The van der Waals surface area contributed by atoms with Gasteiger partial charge in [0.05, 0.1) is 12.5 Å². The summed E-state index contributed by atoms with van der Waals surface area (Å²) in [6.07, 6.45) is -5.80. The fourth-order valence-electron chi connectivity index (χ4n) is 1.31. The highest BCUT2D eigenvalue weighted by Crippen LogP contribution is 2.22. The number of halogens is 3. The first kappa shape index (κ1) is 13.5. The molecule has 92 valence electrons. The van der Waals surface area contributed by atoms with Gasteiger partial charge in [-0.2, -0.15) is 24.5 Å². The summed E-state index contributed by atoms with van der Waals surface area (Å²) in [6, 6.07) is 1.07. The number of thiophene rings is 1. The molecule has 0 aliphatic carbocycles. The number of hydrogen-bond donors (Lipinski definition) is 2. The lowest BCUT2D eigenvalue weighted by atomic mass is 10.1. The Labute approximate surface area is 96.1 Å². The van der Waals surface area contributed by atoms with E-state index >= 15 is 0 Å². The van der Waals surface area contributed by atoms with Gasteiger partial charge in [0.25, 0.3) is 0 Å². The Balaban J connectivity index is 2.29. The molecular formula is C10H14F3NOS. The van der Waals surface area contributed by atoms with Gasteiger partial charge in [-0.05, 0) is 29.3 Å². The minimum atomic E-state index is -4.17. The van der Waals surface area contributed by atoms with Crippen molar-refractivity contribution in [3.8, 4) is 0 Å². The van der Waals surface area contributed by atoms with E-state index in [0.717, 1.165) is 5.56 Å². The van der Waals surface area contributed by atoms with Gasteiger partial charge in [0.2, 0.25) is 0 Å². The molecule has 0 fully saturated rings. The Kier molecular flexibility index (Phi) is 4.76. The van der Waals surface area contributed by atoms with Crippen LogP contribution in [0.5, 0.6) is 0 Å². The van der Waals surface area contributed by atoms with E-state index in [0.29, 0.717) is 0 Å². The Morgan fingerprint density at radius 1 is 1.50 bits per heavy atom. The lowest BCUT2D eigenvalue weighted by Gasteiger charge is -2.17. The second-order valence-corrected chi connectivity index (χ2v) is 4.48. The number of aliphatic hydroxyl groups is 1. The maximum Gasteiger partial charge on any atom is 0.390 e. The van der Waals surface area contributed by atoms with Crippen molar-refractivity contribution in [1.82, 2.24) is 5.32 Å². The molecule has 2 N–H and O–H groups in total. The molecule has 0 aliphatic rings. The predicted molar refractivity (Wildman–Crippen MR) is 57.4 cm³/mol. The van der Waals surface area contributed by atoms with Gasteiger partial charge in [-0.3, -0.25) is 0 Å². The van der Waals surface area contributed by atoms with Gasteiger partial charge >= 0.3 is 6.18 Å². The standard InChI is InChI=1S/C10H14F3NOS/c1-7(4-10(11,12)13)14-5-9(15)8-2-3-16-6-8/h2-3,6-7,9,14-15H,4-5H2,1H3. The number of aliphatic hydroxyl groups excluding tert-OH is 1. The zero-order chi connectivity index (χ0) is 12.2. The van der Waals surface area contributed by atoms with E-state index in [4.69, 9.17) is 0 Å². The van der Waals surface area contributed by atoms with E-state index in [1.807, 2.05) is 5.38 Å². The molecule has 1 rings (SSSR count). The molecule has 2 atom stereocenters. The van der Waals surface area contributed by atoms with Gasteiger partial charge in [0.1, 0.15) is 0 Å². The van der Waals surface area contributed by atoms with E-state index in [9.17, 15) is 18.3 Å². The summed E-state index contributed by atoms with van der Waals surface area (Å²) in [6.45, 7) is 1.59. The molecule has 0 spiro atoms. The molecule has 2 nitrogen and oxygen atoms in total. The molecule has 0 radical (unpaired) electrons. The van der Waals surface area contributed by atoms with Crippen LogP contribution in [0.2, 0.25) is 0 Å². The Bertz CT molecular complexity index is 300. The minimum Gasteiger partial charge on any atom is -0.387 e. The topological polar surface area (TPSA) is 32.3 Å². The first-order chi connectivity index (χ1) is 7.38. The predicted octanol–water partition coefficient (Wildman–Crippen LogP) is 2.71. The van der Waals surface area contributed by atoms with Crippen molar-refractivity contribution in [2.24, 2.45) is 0 Å². The summed E-state index contributed by atoms with van der Waals surface area (Å²) in [5.74, 6) is 0. The maximum atomic E-state index is 12.0. The van der Waals surface area contributed by atoms with Gasteiger partial charge in [-0.1, -0.05) is 0 Å². The van der Waals surface area contributed by atoms with Crippen molar-refractivity contribution < 1.29 is 18.3 Å². The van der Waals surface area contributed by atoms with Crippen LogP contribution in [0.1, 0.15) is 25.0 Å². The zero-order valence-corrected chi connectivity index (χ0v) is 9.61. The quantitative estimate of drug-likeness (QED) is 0.845. The van der Waals surface area contributed by atoms with E-state index in [-0.39, 0.29) is 6.54 Å². The van der Waals surface area contributed by atoms with Crippen LogP contribution >= 0.6 is 11.3 Å². The summed E-state index contributed by atoms with van der Waals surface area (Å²) in [7, 11) is 0. The number of alkyl halides is 3. The fourth-order valence-corrected chi connectivity index (χ4v) is 2.02. The lowest BCUT2D eigenvalue weighted by molar-refractivity contribution is -0.139. The molecule has 2 unspecified atom stereocenters. The van der Waals surface area contributed by atoms with Crippen LogP contribution in [0.4, 0.5) is 13.2 Å². The van der Waals surface area contributed by atoms with Crippen LogP contribution < -0.4 is 5.32 Å². The third-order valence-corrected chi connectivity index (χ3v) is 2.83. The zero-order valence-electron chi connectivity index (χ0n) is 8.79. The highest BCUT2D eigenvalue weighted by molar-refractivity contribution is 7.07. The number of hydrogen-bond acceptors (Lipinski definition) is 3. The normalized spacial score (nSPS) is 16.1. The van der Waals surface area contributed by atoms with Crippen LogP contribution in [0.3, 0.4) is 0 Å². The fraction of sp³-hybridized carbons (Fsp3) is 0.600. The molecule has 0 aliphatic heterocycles. The van der Waals surface area contributed by atoms with Crippen LogP contribution in [-0.4, -0.2) is 23.9 Å². The van der Waals surface area contributed by atoms with Gasteiger partial charge in [-0.25, -0.2) is 0 Å². The van der Waals surface area contributed by atoms with Crippen molar-refractivity contribution in [2.75, 3.05) is 6.54 Å². The third kappa shape index (κ3) is 4.96. The van der Waals surface area contributed by atoms with Crippen LogP contribution in [0, 0.1) is 0 Å². The molecular weight excluding hydrogens is 239 g/mol. The van der Waals surface area contributed by atoms with Crippen molar-refractivity contribution in [1.29, 1.82) is 0 Å². The first-order valence-electron chi connectivity index (χ1n) is 4.89. The smallest absolute Gasteiger partial charge is 0.387 e. The summed E-state index contributed by atoms with van der Waals surface area (Å²) >= 11 is 1.44. The molecule has 0 aromatic carbocycles. The number of rotatable bonds is 5. The Hall–Kier alpha value is -0.590. The summed E-state index contributed by atoms with van der Waals surface area (Å²) < 4.78 is 36.0. The van der Waals surface area contributed by atoms with Gasteiger partial charge in [-0.15, -0.1) is 0 Å². The second-order valence-electron chi connectivity index (χ2n) is 3.70. The molecule has 0 saturated carbocycles. The Morgan fingerprint density at radius 2 is 2.19 bits per heavy atom. The monoisotopic (exact) mass is 253 g/mol. The highest BCUT2D eigenvalue weighted by atomic mass is 32.1. The third-order valence-electron chi connectivity index (χ3n) is 2.13. The maximum absolute atomic E-state index is 12.0. The van der Waals surface area contributed by atoms with E-state index in [1.54, 1.807) is 11.4 Å². The van der Waals surface area contributed by atoms with Crippen LogP contribution in [0.15, 0.2) is 16.8 Å². The average Bonchev–Trinajstić information content (AvgIpc) is 2.64. The van der Waals surface area contributed by atoms with Crippen molar-refractivity contribution >= 4 is 11.3 Å². The van der Waals surface area contributed by atoms with E-state index < -0.39 is 24.7 Å². The van der Waals surface area contributed by atoms with Crippen molar-refractivity contribution in [3.05, 3.63) is 22.4 Å². The molecule has 1 aromatic rings. The molecule has 1 heterocycles. The molecule has 1 aromatic heterocycles. The second kappa shape index (κ2) is 5.65. The minimum absolute atomic E-state index is 0.133. The van der Waals surface area contributed by atoms with E-state index in [1.165, 1.54) is 18.3 Å². The van der Waals surface area contributed by atoms with Gasteiger partial charge in [0.15, 0.2) is 0 Å². The number of nitrogens with one attached hydrogen (secondary N) is 1.